The summed E-state index contributed by atoms with van der Waals surface area (Å²) in [5.41, 5.74) is 5.02. The highest BCUT2D eigenvalue weighted by Crippen LogP contribution is 2.25. The minimum absolute atomic E-state index is 0.0804. The Balaban J connectivity index is 1.81. The van der Waals surface area contributed by atoms with Gasteiger partial charge in [-0.05, 0) is 67.3 Å². The van der Waals surface area contributed by atoms with Gasteiger partial charge in [0.1, 0.15) is 0 Å². The highest BCUT2D eigenvalue weighted by atomic mass is 79.9. The highest BCUT2D eigenvalue weighted by Gasteiger charge is 2.11. The van der Waals surface area contributed by atoms with Crippen LogP contribution >= 0.6 is 15.9 Å². The number of hydrogen-bond acceptors (Lipinski definition) is 2. The van der Waals surface area contributed by atoms with Crippen LogP contribution in [0.3, 0.4) is 0 Å². The molecule has 0 bridgehead atoms. The summed E-state index contributed by atoms with van der Waals surface area (Å²) in [6.45, 7) is 3.00. The molecule has 1 heterocycles. The summed E-state index contributed by atoms with van der Waals surface area (Å²) in [5.74, 6) is -0.0804. The van der Waals surface area contributed by atoms with Crippen LogP contribution in [0.2, 0.25) is 0 Å². The largest absolute Gasteiger partial charge is 0.385 e. The first-order valence-electron chi connectivity index (χ1n) is 7.07. The molecule has 4 heteroatoms. The molecule has 0 atom stereocenters. The standard InChI is InChI=1S/C17H17BrN2O/c1-11-7-13(9-14(18)8-11)17(21)20-15-4-5-16-12(10-15)3-2-6-19-16/h4-5,7-10,19H,2-3,6H2,1H3,(H,20,21). The minimum Gasteiger partial charge on any atom is -0.385 e. The molecular weight excluding hydrogens is 328 g/mol. The van der Waals surface area contributed by atoms with Crippen LogP contribution in [0.4, 0.5) is 11.4 Å². The van der Waals surface area contributed by atoms with Gasteiger partial charge in [-0.15, -0.1) is 0 Å². The number of aryl methyl sites for hydroxylation is 2. The van der Waals surface area contributed by atoms with E-state index in [1.165, 1.54) is 11.3 Å². The van der Waals surface area contributed by atoms with Crippen LogP contribution < -0.4 is 10.6 Å². The summed E-state index contributed by atoms with van der Waals surface area (Å²) >= 11 is 3.43. The van der Waals surface area contributed by atoms with Crippen molar-refractivity contribution in [3.8, 4) is 0 Å². The first-order valence-corrected chi connectivity index (χ1v) is 7.86. The van der Waals surface area contributed by atoms with Gasteiger partial charge in [-0.25, -0.2) is 0 Å². The van der Waals surface area contributed by atoms with Gasteiger partial charge in [0.2, 0.25) is 0 Å². The first-order chi connectivity index (χ1) is 10.1. The van der Waals surface area contributed by atoms with Gasteiger partial charge in [-0.1, -0.05) is 15.9 Å². The molecule has 0 spiro atoms. The van der Waals surface area contributed by atoms with Crippen LogP contribution in [0, 0.1) is 6.92 Å². The lowest BCUT2D eigenvalue weighted by Gasteiger charge is -2.18. The molecule has 0 aromatic heterocycles. The Labute approximate surface area is 132 Å². The van der Waals surface area contributed by atoms with E-state index < -0.39 is 0 Å². The van der Waals surface area contributed by atoms with Crippen molar-refractivity contribution < 1.29 is 4.79 Å². The number of fused-ring (bicyclic) bond motifs is 1. The van der Waals surface area contributed by atoms with Crippen LogP contribution in [0.15, 0.2) is 40.9 Å². The number of hydrogen-bond donors (Lipinski definition) is 2. The topological polar surface area (TPSA) is 41.1 Å². The SMILES string of the molecule is Cc1cc(Br)cc(C(=O)Nc2ccc3c(c2)CCCN3)c1. The van der Waals surface area contributed by atoms with Crippen molar-refractivity contribution in [2.45, 2.75) is 19.8 Å². The van der Waals surface area contributed by atoms with Gasteiger partial charge < -0.3 is 10.6 Å². The Morgan fingerprint density at radius 1 is 1.24 bits per heavy atom. The van der Waals surface area contributed by atoms with Gasteiger partial charge in [0.05, 0.1) is 0 Å². The van der Waals surface area contributed by atoms with E-state index in [9.17, 15) is 4.79 Å². The molecule has 3 nitrogen and oxygen atoms in total. The summed E-state index contributed by atoms with van der Waals surface area (Å²) in [7, 11) is 0. The average Bonchev–Trinajstić information content (AvgIpc) is 2.46. The fourth-order valence-corrected chi connectivity index (χ4v) is 3.23. The van der Waals surface area contributed by atoms with Crippen LogP contribution in [-0.4, -0.2) is 12.5 Å². The van der Waals surface area contributed by atoms with Crippen molar-refractivity contribution in [2.24, 2.45) is 0 Å². The molecular formula is C17H17BrN2O. The van der Waals surface area contributed by atoms with Crippen LogP contribution in [0.1, 0.15) is 27.9 Å². The average molecular weight is 345 g/mol. The van der Waals surface area contributed by atoms with Gasteiger partial charge in [0.15, 0.2) is 0 Å². The lowest BCUT2D eigenvalue weighted by atomic mass is 10.0. The van der Waals surface area contributed by atoms with Crippen molar-refractivity contribution in [1.29, 1.82) is 0 Å². The maximum atomic E-state index is 12.3. The van der Waals surface area contributed by atoms with E-state index >= 15 is 0 Å². The smallest absolute Gasteiger partial charge is 0.255 e. The number of amides is 1. The third-order valence-corrected chi connectivity index (χ3v) is 4.06. The molecule has 2 N–H and O–H groups in total. The van der Waals surface area contributed by atoms with Gasteiger partial charge in [-0.2, -0.15) is 0 Å². The summed E-state index contributed by atoms with van der Waals surface area (Å²) in [6.07, 6.45) is 2.19. The molecule has 1 amide bonds. The van der Waals surface area contributed by atoms with Crippen LogP contribution in [0.25, 0.3) is 0 Å². The lowest BCUT2D eigenvalue weighted by Crippen LogP contribution is -2.14. The van der Waals surface area contributed by atoms with Gasteiger partial charge >= 0.3 is 0 Å². The summed E-state index contributed by atoms with van der Waals surface area (Å²) < 4.78 is 0.919. The summed E-state index contributed by atoms with van der Waals surface area (Å²) in [5, 5.41) is 6.35. The van der Waals surface area contributed by atoms with Gasteiger partial charge in [0, 0.05) is 28.0 Å². The van der Waals surface area contributed by atoms with E-state index in [1.54, 1.807) is 0 Å². The molecule has 0 unspecified atom stereocenters. The minimum atomic E-state index is -0.0804. The maximum Gasteiger partial charge on any atom is 0.255 e. The number of carbonyl (C=O) groups is 1. The molecule has 0 aliphatic carbocycles. The number of benzene rings is 2. The number of anilines is 2. The zero-order valence-electron chi connectivity index (χ0n) is 11.9. The summed E-state index contributed by atoms with van der Waals surface area (Å²) in [6, 6.07) is 11.8. The second-order valence-corrected chi connectivity index (χ2v) is 6.29. The molecule has 2 aromatic carbocycles. The summed E-state index contributed by atoms with van der Waals surface area (Å²) in [4.78, 5) is 12.3. The molecule has 0 saturated heterocycles. The maximum absolute atomic E-state index is 12.3. The van der Waals surface area contributed by atoms with Gasteiger partial charge in [0.25, 0.3) is 5.91 Å². The van der Waals surface area contributed by atoms with Crippen molar-refractivity contribution in [1.82, 2.24) is 0 Å². The quantitative estimate of drug-likeness (QED) is 0.849. The third kappa shape index (κ3) is 3.27. The zero-order valence-corrected chi connectivity index (χ0v) is 13.5. The first kappa shape index (κ1) is 14.1. The van der Waals surface area contributed by atoms with Crippen molar-refractivity contribution in [3.05, 3.63) is 57.6 Å². The zero-order chi connectivity index (χ0) is 14.8. The van der Waals surface area contributed by atoms with Gasteiger partial charge in [-0.3, -0.25) is 4.79 Å². The van der Waals surface area contributed by atoms with Crippen LogP contribution in [-0.2, 0) is 6.42 Å². The van der Waals surface area contributed by atoms with E-state index in [0.29, 0.717) is 5.56 Å². The van der Waals surface area contributed by atoms with E-state index in [1.807, 2.05) is 37.3 Å². The molecule has 0 radical (unpaired) electrons. The van der Waals surface area contributed by atoms with Crippen LogP contribution in [0.5, 0.6) is 0 Å². The molecule has 3 rings (SSSR count). The molecule has 0 saturated carbocycles. The Kier molecular flexibility index (Phi) is 3.97. The number of carbonyl (C=O) groups excluding carboxylic acids is 1. The molecule has 1 aliphatic rings. The lowest BCUT2D eigenvalue weighted by molar-refractivity contribution is 0.102. The van der Waals surface area contributed by atoms with E-state index in [-0.39, 0.29) is 5.91 Å². The van der Waals surface area contributed by atoms with Crippen molar-refractivity contribution in [2.75, 3.05) is 17.2 Å². The van der Waals surface area contributed by atoms with E-state index in [0.717, 1.165) is 35.1 Å². The molecule has 1 aliphatic heterocycles. The molecule has 21 heavy (non-hydrogen) atoms. The normalized spacial score (nSPS) is 13.2. The Morgan fingerprint density at radius 2 is 2.10 bits per heavy atom. The third-order valence-electron chi connectivity index (χ3n) is 3.61. The van der Waals surface area contributed by atoms with E-state index in [2.05, 4.69) is 32.6 Å². The molecule has 2 aromatic rings. The Bertz CT molecular complexity index is 677. The fraction of sp³-hybridized carbons (Fsp3) is 0.235. The van der Waals surface area contributed by atoms with E-state index in [4.69, 9.17) is 0 Å². The molecule has 0 fully saturated rings. The predicted octanol–water partition coefficient (Wildman–Crippen LogP) is 4.37. The van der Waals surface area contributed by atoms with Crippen molar-refractivity contribution in [3.63, 3.8) is 0 Å². The fourth-order valence-electron chi connectivity index (χ4n) is 2.62. The molecule has 108 valence electrons. The number of halogens is 1. The van der Waals surface area contributed by atoms with Crippen molar-refractivity contribution >= 4 is 33.2 Å². The number of nitrogens with one attached hydrogen (secondary N) is 2. The highest BCUT2D eigenvalue weighted by molar-refractivity contribution is 9.10. The predicted molar refractivity (Wildman–Crippen MR) is 90.1 cm³/mol. The Hall–Kier alpha value is -1.81. The monoisotopic (exact) mass is 344 g/mol. The second kappa shape index (κ2) is 5.90. The second-order valence-electron chi connectivity index (χ2n) is 5.37. The Morgan fingerprint density at radius 3 is 2.90 bits per heavy atom. The number of rotatable bonds is 2.